The van der Waals surface area contributed by atoms with Crippen LogP contribution in [0.15, 0.2) is 16.3 Å². The van der Waals surface area contributed by atoms with Crippen molar-refractivity contribution in [2.24, 2.45) is 5.92 Å². The lowest BCUT2D eigenvalue weighted by Crippen LogP contribution is -2.52. The monoisotopic (exact) mass is 457 g/mol. The zero-order valence-corrected chi connectivity index (χ0v) is 19.8. The normalized spacial score (nSPS) is 20.0. The number of ether oxygens (including phenoxy) is 1. The number of amides is 1. The van der Waals surface area contributed by atoms with Gasteiger partial charge in [-0.3, -0.25) is 9.69 Å². The summed E-state index contributed by atoms with van der Waals surface area (Å²) in [6.45, 7) is 9.51. The quantitative estimate of drug-likeness (QED) is 0.583. The van der Waals surface area contributed by atoms with Gasteiger partial charge in [0, 0.05) is 43.6 Å². The first-order valence-electron chi connectivity index (χ1n) is 11.1. The van der Waals surface area contributed by atoms with E-state index in [0.717, 1.165) is 56.9 Å². The number of carbonyl (C=O) groups is 1. The van der Waals surface area contributed by atoms with Crippen molar-refractivity contribution in [2.45, 2.75) is 56.2 Å². The van der Waals surface area contributed by atoms with E-state index in [1.807, 2.05) is 0 Å². The molecule has 1 atom stereocenters. The number of nitrogens with zero attached hydrogens (tertiary/aromatic N) is 2. The van der Waals surface area contributed by atoms with Crippen molar-refractivity contribution in [2.75, 3.05) is 45.9 Å². The summed E-state index contributed by atoms with van der Waals surface area (Å²) in [5.74, 6) is 0.480. The highest BCUT2D eigenvalue weighted by Crippen LogP contribution is 2.27. The largest absolute Gasteiger partial charge is 0.379 e. The average molecular weight is 458 g/mol. The molecule has 3 rings (SSSR count). The molecule has 0 aliphatic carbocycles. The van der Waals surface area contributed by atoms with Gasteiger partial charge in [0.05, 0.1) is 19.6 Å². The molecule has 1 aromatic rings. The van der Waals surface area contributed by atoms with Crippen LogP contribution in [0.4, 0.5) is 0 Å². The van der Waals surface area contributed by atoms with E-state index in [-0.39, 0.29) is 12.3 Å². The third-order valence-electron chi connectivity index (χ3n) is 6.25. The molecule has 30 heavy (non-hydrogen) atoms. The van der Waals surface area contributed by atoms with Gasteiger partial charge in [-0.1, -0.05) is 26.7 Å². The Morgan fingerprint density at radius 3 is 2.43 bits per heavy atom. The maximum absolute atomic E-state index is 12.7. The molecule has 1 aromatic heterocycles. The highest BCUT2D eigenvalue weighted by atomic mass is 32.2. The highest BCUT2D eigenvalue weighted by Gasteiger charge is 2.29. The molecule has 9 heteroatoms. The number of rotatable bonds is 10. The number of nitrogens with one attached hydrogen (secondary N) is 1. The second kappa shape index (κ2) is 11.0. The summed E-state index contributed by atoms with van der Waals surface area (Å²) in [4.78, 5) is 15.8. The van der Waals surface area contributed by atoms with Gasteiger partial charge in [0.1, 0.15) is 4.21 Å². The van der Waals surface area contributed by atoms with E-state index in [9.17, 15) is 13.2 Å². The van der Waals surface area contributed by atoms with Crippen LogP contribution in [0.25, 0.3) is 0 Å². The number of carbonyl (C=O) groups excluding carboxylic acids is 1. The first-order valence-corrected chi connectivity index (χ1v) is 13.4. The fourth-order valence-electron chi connectivity index (χ4n) is 4.42. The summed E-state index contributed by atoms with van der Waals surface area (Å²) in [7, 11) is -3.41. The Balaban J connectivity index is 1.57. The van der Waals surface area contributed by atoms with Gasteiger partial charge in [-0.2, -0.15) is 4.31 Å². The van der Waals surface area contributed by atoms with Crippen LogP contribution in [0.3, 0.4) is 0 Å². The van der Waals surface area contributed by atoms with Gasteiger partial charge in [0.2, 0.25) is 5.91 Å². The van der Waals surface area contributed by atoms with Crippen LogP contribution in [0.1, 0.15) is 44.4 Å². The summed E-state index contributed by atoms with van der Waals surface area (Å²) in [6, 6.07) is 3.72. The van der Waals surface area contributed by atoms with Crippen LogP contribution in [-0.2, 0) is 26.0 Å². The summed E-state index contributed by atoms with van der Waals surface area (Å²) in [6.07, 6.45) is 4.22. The molecule has 1 amide bonds. The Morgan fingerprint density at radius 2 is 1.80 bits per heavy atom. The lowest BCUT2D eigenvalue weighted by Gasteiger charge is -2.38. The smallest absolute Gasteiger partial charge is 0.252 e. The van der Waals surface area contributed by atoms with Crippen molar-refractivity contribution in [1.82, 2.24) is 14.5 Å². The molecule has 0 radical (unpaired) electrons. The standard InChI is InChI=1S/C21H35N3O4S2/c1-3-17(4-2)19(23-11-13-28-14-12-23)16-22-20(25)15-18-7-8-21(29-18)30(26,27)24-9-5-6-10-24/h7-8,17,19H,3-6,9-16H2,1-2H3,(H,22,25). The van der Waals surface area contributed by atoms with Crippen molar-refractivity contribution >= 4 is 27.3 Å². The molecule has 0 saturated carbocycles. The molecule has 1 unspecified atom stereocenters. The van der Waals surface area contributed by atoms with E-state index in [2.05, 4.69) is 24.1 Å². The van der Waals surface area contributed by atoms with Gasteiger partial charge in [0.15, 0.2) is 0 Å². The Bertz CT molecular complexity index is 780. The summed E-state index contributed by atoms with van der Waals surface area (Å²) in [5.41, 5.74) is 0. The Hall–Kier alpha value is -1.00. The number of thiophene rings is 1. The Labute approximate surface area is 184 Å². The van der Waals surface area contributed by atoms with Crippen molar-refractivity contribution in [3.63, 3.8) is 0 Å². The van der Waals surface area contributed by atoms with Gasteiger partial charge in [-0.05, 0) is 30.9 Å². The zero-order valence-electron chi connectivity index (χ0n) is 18.1. The molecule has 2 aliphatic heterocycles. The highest BCUT2D eigenvalue weighted by molar-refractivity contribution is 7.91. The fourth-order valence-corrected chi connectivity index (χ4v) is 7.45. The molecule has 0 spiro atoms. The van der Waals surface area contributed by atoms with Gasteiger partial charge in [0.25, 0.3) is 10.0 Å². The molecule has 2 saturated heterocycles. The summed E-state index contributed by atoms with van der Waals surface area (Å²) >= 11 is 1.22. The van der Waals surface area contributed by atoms with E-state index in [1.54, 1.807) is 16.4 Å². The summed E-state index contributed by atoms with van der Waals surface area (Å²) < 4.78 is 32.7. The number of sulfonamides is 1. The third-order valence-corrected chi connectivity index (χ3v) is 9.70. The molecule has 170 valence electrons. The maximum Gasteiger partial charge on any atom is 0.252 e. The molecule has 0 aromatic carbocycles. The predicted molar refractivity (Wildman–Crippen MR) is 119 cm³/mol. The minimum absolute atomic E-state index is 0.0498. The van der Waals surface area contributed by atoms with Crippen molar-refractivity contribution in [3.05, 3.63) is 17.0 Å². The van der Waals surface area contributed by atoms with E-state index < -0.39 is 10.0 Å². The molecular formula is C21H35N3O4S2. The minimum atomic E-state index is -3.41. The molecule has 2 fully saturated rings. The SMILES string of the molecule is CCC(CC)C(CNC(=O)Cc1ccc(S(=O)(=O)N2CCCC2)s1)N1CCOCC1. The molecule has 7 nitrogen and oxygen atoms in total. The van der Waals surface area contributed by atoms with Crippen LogP contribution in [0, 0.1) is 5.92 Å². The maximum atomic E-state index is 12.7. The number of hydrogen-bond donors (Lipinski definition) is 1. The first-order chi connectivity index (χ1) is 14.5. The summed E-state index contributed by atoms with van der Waals surface area (Å²) in [5, 5.41) is 3.11. The second-order valence-corrected chi connectivity index (χ2v) is 11.4. The third kappa shape index (κ3) is 5.82. The minimum Gasteiger partial charge on any atom is -0.379 e. The second-order valence-electron chi connectivity index (χ2n) is 8.11. The van der Waals surface area contributed by atoms with Crippen LogP contribution < -0.4 is 5.32 Å². The Kier molecular flexibility index (Phi) is 8.71. The molecular weight excluding hydrogens is 422 g/mol. The lowest BCUT2D eigenvalue weighted by molar-refractivity contribution is -0.120. The average Bonchev–Trinajstić information content (AvgIpc) is 3.44. The van der Waals surface area contributed by atoms with Crippen LogP contribution in [0.2, 0.25) is 0 Å². The van der Waals surface area contributed by atoms with Gasteiger partial charge in [-0.15, -0.1) is 11.3 Å². The topological polar surface area (TPSA) is 79.0 Å². The van der Waals surface area contributed by atoms with E-state index in [4.69, 9.17) is 4.74 Å². The Morgan fingerprint density at radius 1 is 1.13 bits per heavy atom. The van der Waals surface area contributed by atoms with E-state index in [1.165, 1.54) is 11.3 Å². The van der Waals surface area contributed by atoms with Crippen LogP contribution >= 0.6 is 11.3 Å². The molecule has 3 heterocycles. The van der Waals surface area contributed by atoms with Crippen molar-refractivity contribution in [3.8, 4) is 0 Å². The fraction of sp³-hybridized carbons (Fsp3) is 0.762. The first kappa shape index (κ1) is 23.7. The van der Waals surface area contributed by atoms with Crippen molar-refractivity contribution in [1.29, 1.82) is 0 Å². The van der Waals surface area contributed by atoms with E-state index >= 15 is 0 Å². The van der Waals surface area contributed by atoms with Crippen molar-refractivity contribution < 1.29 is 17.9 Å². The molecule has 1 N–H and O–H groups in total. The number of morpholine rings is 1. The van der Waals surface area contributed by atoms with E-state index in [0.29, 0.717) is 35.8 Å². The lowest BCUT2D eigenvalue weighted by atomic mass is 9.92. The number of hydrogen-bond acceptors (Lipinski definition) is 6. The zero-order chi connectivity index (χ0) is 21.6. The van der Waals surface area contributed by atoms with Gasteiger partial charge in [-0.25, -0.2) is 8.42 Å². The molecule has 2 aliphatic rings. The van der Waals surface area contributed by atoms with Crippen LogP contribution in [-0.4, -0.2) is 75.5 Å². The molecule has 0 bridgehead atoms. The predicted octanol–water partition coefficient (Wildman–Crippen LogP) is 2.33. The van der Waals surface area contributed by atoms with Gasteiger partial charge >= 0.3 is 0 Å². The van der Waals surface area contributed by atoms with Crippen LogP contribution in [0.5, 0.6) is 0 Å². The van der Waals surface area contributed by atoms with Gasteiger partial charge < -0.3 is 10.1 Å².